The van der Waals surface area contributed by atoms with Crippen LogP contribution in [0, 0.1) is 0 Å². The normalized spacial score (nSPS) is 14.4. The molecular weight excluding hydrogens is 252 g/mol. The number of pyridine rings is 1. The standard InChI is InChI=1S/C15H20N4O/c1-19-8-7-16-15(19)6-9-20-14-5-4-13(18-11-14)10-17-12-2-3-12/h4-5,7-8,11-12,17H,2-3,6,9-10H2,1H3. The number of rotatable bonds is 7. The molecule has 20 heavy (non-hydrogen) atoms. The maximum absolute atomic E-state index is 5.69. The molecule has 5 nitrogen and oxygen atoms in total. The summed E-state index contributed by atoms with van der Waals surface area (Å²) in [5, 5.41) is 3.45. The Hall–Kier alpha value is -1.88. The van der Waals surface area contributed by atoms with Gasteiger partial charge in [0.2, 0.25) is 0 Å². The van der Waals surface area contributed by atoms with Crippen molar-refractivity contribution in [3.63, 3.8) is 0 Å². The SMILES string of the molecule is Cn1ccnc1CCOc1ccc(CNC2CC2)nc1. The van der Waals surface area contributed by atoms with Gasteiger partial charge in [-0.2, -0.15) is 0 Å². The number of hydrogen-bond acceptors (Lipinski definition) is 4. The van der Waals surface area contributed by atoms with Gasteiger partial charge in [0.25, 0.3) is 0 Å². The molecule has 0 spiro atoms. The first-order valence-electron chi connectivity index (χ1n) is 7.08. The summed E-state index contributed by atoms with van der Waals surface area (Å²) in [4.78, 5) is 8.67. The van der Waals surface area contributed by atoms with E-state index in [-0.39, 0.29) is 0 Å². The molecule has 1 fully saturated rings. The van der Waals surface area contributed by atoms with Gasteiger partial charge in [0, 0.05) is 38.4 Å². The first kappa shape index (κ1) is 13.1. The van der Waals surface area contributed by atoms with E-state index in [0.29, 0.717) is 12.6 Å². The van der Waals surface area contributed by atoms with Crippen molar-refractivity contribution in [2.24, 2.45) is 7.05 Å². The quantitative estimate of drug-likeness (QED) is 0.833. The monoisotopic (exact) mass is 272 g/mol. The molecule has 0 amide bonds. The highest BCUT2D eigenvalue weighted by Gasteiger charge is 2.19. The Labute approximate surface area is 119 Å². The Balaban J connectivity index is 1.44. The third-order valence-corrected chi connectivity index (χ3v) is 3.46. The van der Waals surface area contributed by atoms with E-state index in [9.17, 15) is 0 Å². The van der Waals surface area contributed by atoms with Gasteiger partial charge in [-0.25, -0.2) is 4.98 Å². The van der Waals surface area contributed by atoms with E-state index in [4.69, 9.17) is 4.74 Å². The predicted molar refractivity (Wildman–Crippen MR) is 76.5 cm³/mol. The zero-order valence-electron chi connectivity index (χ0n) is 11.7. The van der Waals surface area contributed by atoms with Gasteiger partial charge in [-0.15, -0.1) is 0 Å². The van der Waals surface area contributed by atoms with Gasteiger partial charge >= 0.3 is 0 Å². The van der Waals surface area contributed by atoms with Crippen LogP contribution in [0.5, 0.6) is 5.75 Å². The van der Waals surface area contributed by atoms with Crippen LogP contribution in [-0.4, -0.2) is 27.2 Å². The first-order valence-corrected chi connectivity index (χ1v) is 7.08. The molecule has 1 aliphatic carbocycles. The zero-order chi connectivity index (χ0) is 13.8. The van der Waals surface area contributed by atoms with E-state index < -0.39 is 0 Å². The lowest BCUT2D eigenvalue weighted by atomic mass is 10.3. The summed E-state index contributed by atoms with van der Waals surface area (Å²) >= 11 is 0. The molecule has 0 atom stereocenters. The average Bonchev–Trinajstić information content (AvgIpc) is 3.21. The minimum atomic E-state index is 0.617. The lowest BCUT2D eigenvalue weighted by molar-refractivity contribution is 0.316. The molecule has 2 aromatic rings. The van der Waals surface area contributed by atoms with Crippen LogP contribution < -0.4 is 10.1 Å². The van der Waals surface area contributed by atoms with Crippen molar-refractivity contribution in [1.29, 1.82) is 0 Å². The topological polar surface area (TPSA) is 52.0 Å². The average molecular weight is 272 g/mol. The largest absolute Gasteiger partial charge is 0.492 e. The minimum Gasteiger partial charge on any atom is -0.492 e. The molecule has 1 saturated carbocycles. The highest BCUT2D eigenvalue weighted by molar-refractivity contribution is 5.20. The van der Waals surface area contributed by atoms with Crippen molar-refractivity contribution in [1.82, 2.24) is 19.9 Å². The number of nitrogens with one attached hydrogen (secondary N) is 1. The summed E-state index contributed by atoms with van der Waals surface area (Å²) in [5.41, 5.74) is 1.06. The Morgan fingerprint density at radius 3 is 2.90 bits per heavy atom. The van der Waals surface area contributed by atoms with Gasteiger partial charge in [0.1, 0.15) is 11.6 Å². The van der Waals surface area contributed by atoms with Crippen molar-refractivity contribution in [3.8, 4) is 5.75 Å². The molecule has 106 valence electrons. The Morgan fingerprint density at radius 2 is 2.25 bits per heavy atom. The fraction of sp³-hybridized carbons (Fsp3) is 0.467. The third-order valence-electron chi connectivity index (χ3n) is 3.46. The molecule has 3 rings (SSSR count). The maximum atomic E-state index is 5.69. The van der Waals surface area contributed by atoms with E-state index in [0.717, 1.165) is 30.2 Å². The lowest BCUT2D eigenvalue weighted by Crippen LogP contribution is -2.16. The van der Waals surface area contributed by atoms with E-state index in [2.05, 4.69) is 15.3 Å². The lowest BCUT2D eigenvalue weighted by Gasteiger charge is -2.07. The predicted octanol–water partition coefficient (Wildman–Crippen LogP) is 1.69. The second kappa shape index (κ2) is 6.05. The molecule has 0 saturated heterocycles. The van der Waals surface area contributed by atoms with Crippen LogP contribution in [-0.2, 0) is 20.0 Å². The van der Waals surface area contributed by atoms with E-state index in [1.165, 1.54) is 12.8 Å². The second-order valence-corrected chi connectivity index (χ2v) is 5.19. The molecule has 0 aromatic carbocycles. The van der Waals surface area contributed by atoms with Crippen LogP contribution >= 0.6 is 0 Å². The summed E-state index contributed by atoms with van der Waals surface area (Å²) in [6.07, 6.45) is 8.94. The molecule has 1 aliphatic rings. The van der Waals surface area contributed by atoms with Crippen molar-refractivity contribution in [2.45, 2.75) is 31.8 Å². The van der Waals surface area contributed by atoms with Crippen molar-refractivity contribution >= 4 is 0 Å². The number of aryl methyl sites for hydroxylation is 1. The van der Waals surface area contributed by atoms with Gasteiger partial charge in [0.05, 0.1) is 18.5 Å². The minimum absolute atomic E-state index is 0.617. The summed E-state index contributed by atoms with van der Waals surface area (Å²) in [7, 11) is 1.99. The van der Waals surface area contributed by atoms with Crippen LogP contribution in [0.3, 0.4) is 0 Å². The summed E-state index contributed by atoms with van der Waals surface area (Å²) in [6.45, 7) is 1.46. The van der Waals surface area contributed by atoms with E-state index in [1.807, 2.05) is 29.9 Å². The summed E-state index contributed by atoms with van der Waals surface area (Å²) in [6, 6.07) is 4.71. The highest BCUT2D eigenvalue weighted by Crippen LogP contribution is 2.19. The van der Waals surface area contributed by atoms with Crippen molar-refractivity contribution in [2.75, 3.05) is 6.61 Å². The second-order valence-electron chi connectivity index (χ2n) is 5.19. The summed E-state index contributed by atoms with van der Waals surface area (Å²) < 4.78 is 7.70. The van der Waals surface area contributed by atoms with E-state index in [1.54, 1.807) is 12.4 Å². The smallest absolute Gasteiger partial charge is 0.137 e. The Morgan fingerprint density at radius 1 is 1.35 bits per heavy atom. The molecule has 2 aromatic heterocycles. The molecule has 0 unspecified atom stereocenters. The summed E-state index contributed by atoms with van der Waals surface area (Å²) in [5.74, 6) is 1.84. The van der Waals surface area contributed by atoms with Crippen LogP contribution in [0.4, 0.5) is 0 Å². The molecule has 0 aliphatic heterocycles. The van der Waals surface area contributed by atoms with Gasteiger partial charge in [0.15, 0.2) is 0 Å². The number of imidazole rings is 1. The highest BCUT2D eigenvalue weighted by atomic mass is 16.5. The number of ether oxygens (including phenoxy) is 1. The number of nitrogens with zero attached hydrogens (tertiary/aromatic N) is 3. The van der Waals surface area contributed by atoms with Crippen LogP contribution in [0.25, 0.3) is 0 Å². The zero-order valence-corrected chi connectivity index (χ0v) is 11.7. The fourth-order valence-corrected chi connectivity index (χ4v) is 2.03. The van der Waals surface area contributed by atoms with Gasteiger partial charge in [-0.3, -0.25) is 4.98 Å². The molecular formula is C15H20N4O. The molecule has 0 radical (unpaired) electrons. The number of hydrogen-bond donors (Lipinski definition) is 1. The maximum Gasteiger partial charge on any atom is 0.137 e. The third kappa shape index (κ3) is 3.57. The van der Waals surface area contributed by atoms with Crippen molar-refractivity contribution < 1.29 is 4.74 Å². The molecule has 5 heteroatoms. The van der Waals surface area contributed by atoms with Gasteiger partial charge in [-0.05, 0) is 25.0 Å². The molecule has 2 heterocycles. The Bertz CT molecular complexity index is 545. The fourth-order valence-electron chi connectivity index (χ4n) is 2.03. The Kier molecular flexibility index (Phi) is 3.97. The van der Waals surface area contributed by atoms with Crippen LogP contribution in [0.15, 0.2) is 30.7 Å². The van der Waals surface area contributed by atoms with Gasteiger partial charge < -0.3 is 14.6 Å². The van der Waals surface area contributed by atoms with Gasteiger partial charge in [-0.1, -0.05) is 0 Å². The number of aromatic nitrogens is 3. The van der Waals surface area contributed by atoms with Crippen molar-refractivity contribution in [3.05, 3.63) is 42.2 Å². The molecule has 0 bridgehead atoms. The van der Waals surface area contributed by atoms with Crippen LogP contribution in [0.2, 0.25) is 0 Å². The van der Waals surface area contributed by atoms with Crippen LogP contribution in [0.1, 0.15) is 24.4 Å². The first-order chi connectivity index (χ1) is 9.81. The van der Waals surface area contributed by atoms with E-state index >= 15 is 0 Å². The molecule has 1 N–H and O–H groups in total.